The minimum atomic E-state index is -5.02. The Balaban J connectivity index is 3.30. The number of halogens is 4. The first-order chi connectivity index (χ1) is 10.2. The van der Waals surface area contributed by atoms with Gasteiger partial charge in [-0.1, -0.05) is 0 Å². The Hall–Kier alpha value is -2.86. The Morgan fingerprint density at radius 3 is 2.45 bits per heavy atom. The molecular formula is C10H3BrF3N5O3. The second-order valence-electron chi connectivity index (χ2n) is 3.40. The van der Waals surface area contributed by atoms with E-state index in [9.17, 15) is 23.3 Å². The van der Waals surface area contributed by atoms with Crippen LogP contribution in [0.1, 0.15) is 0 Å². The number of ether oxygens (including phenoxy) is 1. The maximum absolute atomic E-state index is 12.1. The van der Waals surface area contributed by atoms with E-state index >= 15 is 0 Å². The molecule has 0 saturated carbocycles. The van der Waals surface area contributed by atoms with Gasteiger partial charge in [-0.05, 0) is 22.0 Å². The Morgan fingerprint density at radius 2 is 2.00 bits per heavy atom. The smallest absolute Gasteiger partial charge is 0.405 e. The number of nitrogens with zero attached hydrogens (tertiary/aromatic N) is 4. The zero-order valence-electron chi connectivity index (χ0n) is 10.2. The van der Waals surface area contributed by atoms with Crippen molar-refractivity contribution in [2.24, 2.45) is 5.10 Å². The minimum Gasteiger partial charge on any atom is -0.405 e. The van der Waals surface area contributed by atoms with E-state index in [2.05, 4.69) is 31.2 Å². The number of nitro groups is 1. The van der Waals surface area contributed by atoms with Gasteiger partial charge >= 0.3 is 6.36 Å². The fraction of sp³-hybridized carbons (Fsp3) is 0.100. The number of nitrogens with one attached hydrogen (secondary N) is 1. The van der Waals surface area contributed by atoms with Crippen molar-refractivity contribution in [3.8, 4) is 17.9 Å². The van der Waals surface area contributed by atoms with Crippen LogP contribution in [0, 0.1) is 32.8 Å². The molecule has 1 aromatic rings. The van der Waals surface area contributed by atoms with Gasteiger partial charge in [0.15, 0.2) is 0 Å². The van der Waals surface area contributed by atoms with Crippen LogP contribution in [-0.2, 0) is 0 Å². The molecule has 1 rings (SSSR count). The molecule has 0 unspecified atom stereocenters. The molecule has 1 N–H and O–H groups in total. The second-order valence-corrected chi connectivity index (χ2v) is 4.25. The molecule has 0 radical (unpaired) electrons. The van der Waals surface area contributed by atoms with Crippen LogP contribution in [0.4, 0.5) is 24.5 Å². The first kappa shape index (κ1) is 17.2. The van der Waals surface area contributed by atoms with Gasteiger partial charge in [-0.3, -0.25) is 15.5 Å². The third-order valence-electron chi connectivity index (χ3n) is 1.96. The molecule has 0 atom stereocenters. The number of hydrazone groups is 1. The molecule has 0 bridgehead atoms. The predicted octanol–water partition coefficient (Wildman–Crippen LogP) is 3.07. The molecule has 0 heterocycles. The molecule has 1 aromatic carbocycles. The summed E-state index contributed by atoms with van der Waals surface area (Å²) >= 11 is 2.82. The van der Waals surface area contributed by atoms with Gasteiger partial charge in [-0.15, -0.1) is 13.2 Å². The summed E-state index contributed by atoms with van der Waals surface area (Å²) in [6, 6.07) is 4.14. The molecule has 0 aliphatic heterocycles. The normalized spacial score (nSPS) is 10.1. The van der Waals surface area contributed by atoms with Crippen molar-refractivity contribution in [3.05, 3.63) is 26.7 Å². The Bertz CT molecular complexity index is 704. The van der Waals surface area contributed by atoms with Crippen molar-refractivity contribution < 1.29 is 22.8 Å². The van der Waals surface area contributed by atoms with Crippen molar-refractivity contribution in [2.75, 3.05) is 5.43 Å². The van der Waals surface area contributed by atoms with Gasteiger partial charge in [-0.25, -0.2) is 0 Å². The molecule has 114 valence electrons. The second kappa shape index (κ2) is 6.73. The number of alkyl halides is 3. The van der Waals surface area contributed by atoms with Gasteiger partial charge in [0.05, 0.1) is 15.5 Å². The maximum atomic E-state index is 12.1. The zero-order chi connectivity index (χ0) is 16.9. The van der Waals surface area contributed by atoms with Crippen molar-refractivity contribution in [2.45, 2.75) is 6.36 Å². The highest BCUT2D eigenvalue weighted by Crippen LogP contribution is 2.38. The fourth-order valence-corrected chi connectivity index (χ4v) is 1.72. The van der Waals surface area contributed by atoms with Crippen LogP contribution in [0.15, 0.2) is 21.7 Å². The monoisotopic (exact) mass is 377 g/mol. The fourth-order valence-electron chi connectivity index (χ4n) is 1.20. The average Bonchev–Trinajstić information content (AvgIpc) is 2.39. The summed E-state index contributed by atoms with van der Waals surface area (Å²) in [5.74, 6) is -0.818. The maximum Gasteiger partial charge on any atom is 0.573 e. The van der Waals surface area contributed by atoms with E-state index in [1.54, 1.807) is 0 Å². The van der Waals surface area contributed by atoms with E-state index in [0.717, 1.165) is 6.07 Å². The summed E-state index contributed by atoms with van der Waals surface area (Å²) in [4.78, 5) is 9.92. The topological polar surface area (TPSA) is 124 Å². The van der Waals surface area contributed by atoms with Crippen LogP contribution >= 0.6 is 15.9 Å². The zero-order valence-corrected chi connectivity index (χ0v) is 11.8. The SMILES string of the molecule is N#CC(C#N)=NNc1c(Br)cc(OC(F)(F)F)cc1[N+](=O)[O-]. The molecular weight excluding hydrogens is 375 g/mol. The summed E-state index contributed by atoms with van der Waals surface area (Å²) in [6.45, 7) is 0. The van der Waals surface area contributed by atoms with Gasteiger partial charge in [0.1, 0.15) is 23.6 Å². The lowest BCUT2D eigenvalue weighted by Gasteiger charge is -2.11. The van der Waals surface area contributed by atoms with Crippen molar-refractivity contribution in [1.29, 1.82) is 10.5 Å². The van der Waals surface area contributed by atoms with Crippen molar-refractivity contribution in [1.82, 2.24) is 0 Å². The third-order valence-corrected chi connectivity index (χ3v) is 2.59. The van der Waals surface area contributed by atoms with E-state index in [1.165, 1.54) is 12.1 Å². The van der Waals surface area contributed by atoms with Crippen LogP contribution in [0.25, 0.3) is 0 Å². The quantitative estimate of drug-likeness (QED) is 0.488. The molecule has 0 saturated heterocycles. The third kappa shape index (κ3) is 4.60. The van der Waals surface area contributed by atoms with Gasteiger partial charge in [-0.2, -0.15) is 15.6 Å². The lowest BCUT2D eigenvalue weighted by Crippen LogP contribution is -2.17. The molecule has 0 amide bonds. The number of nitro benzene ring substituents is 1. The van der Waals surface area contributed by atoms with Gasteiger partial charge in [0.25, 0.3) is 5.69 Å². The Kier molecular flexibility index (Phi) is 5.26. The van der Waals surface area contributed by atoms with E-state index in [0.29, 0.717) is 6.07 Å². The van der Waals surface area contributed by atoms with Crippen LogP contribution in [0.3, 0.4) is 0 Å². The minimum absolute atomic E-state index is 0.181. The van der Waals surface area contributed by atoms with Crippen LogP contribution in [0.5, 0.6) is 5.75 Å². The largest absolute Gasteiger partial charge is 0.573 e. The first-order valence-electron chi connectivity index (χ1n) is 5.05. The highest BCUT2D eigenvalue weighted by molar-refractivity contribution is 9.10. The standard InChI is InChI=1S/C10H3BrF3N5O3/c11-7-1-6(22-10(12,13)14)2-8(19(20)21)9(7)18-17-5(3-15)4-16/h1-2,18H. The van der Waals surface area contributed by atoms with E-state index < -0.39 is 28.4 Å². The molecule has 12 heteroatoms. The number of rotatable bonds is 4. The molecule has 0 aliphatic carbocycles. The Morgan fingerprint density at radius 1 is 1.41 bits per heavy atom. The van der Waals surface area contributed by atoms with Crippen molar-refractivity contribution in [3.63, 3.8) is 0 Å². The lowest BCUT2D eigenvalue weighted by molar-refractivity contribution is -0.384. The van der Waals surface area contributed by atoms with Gasteiger partial charge in [0.2, 0.25) is 5.71 Å². The number of hydrogen-bond acceptors (Lipinski definition) is 7. The van der Waals surface area contributed by atoms with E-state index in [1.807, 2.05) is 0 Å². The number of benzene rings is 1. The number of anilines is 1. The van der Waals surface area contributed by atoms with Crippen LogP contribution in [0.2, 0.25) is 0 Å². The summed E-state index contributed by atoms with van der Waals surface area (Å²) in [7, 11) is 0. The van der Waals surface area contributed by atoms with E-state index in [4.69, 9.17) is 10.5 Å². The van der Waals surface area contributed by atoms with Gasteiger partial charge in [0, 0.05) is 0 Å². The van der Waals surface area contributed by atoms with Crippen molar-refractivity contribution >= 4 is 33.0 Å². The molecule has 8 nitrogen and oxygen atoms in total. The van der Waals surface area contributed by atoms with Crippen LogP contribution < -0.4 is 10.2 Å². The summed E-state index contributed by atoms with van der Waals surface area (Å²) in [6.07, 6.45) is -5.02. The predicted molar refractivity (Wildman–Crippen MR) is 69.8 cm³/mol. The van der Waals surface area contributed by atoms with Crippen LogP contribution in [-0.4, -0.2) is 17.0 Å². The molecule has 0 aliphatic rings. The lowest BCUT2D eigenvalue weighted by atomic mass is 10.2. The van der Waals surface area contributed by atoms with Gasteiger partial charge < -0.3 is 4.74 Å². The molecule has 22 heavy (non-hydrogen) atoms. The summed E-state index contributed by atoms with van der Waals surface area (Å²) < 4.78 is 39.8. The Labute approximate surface area is 128 Å². The molecule has 0 aromatic heterocycles. The highest BCUT2D eigenvalue weighted by Gasteiger charge is 2.32. The molecule has 0 fully saturated rings. The average molecular weight is 378 g/mol. The van der Waals surface area contributed by atoms with E-state index in [-0.39, 0.29) is 10.2 Å². The number of nitriles is 2. The summed E-state index contributed by atoms with van der Waals surface area (Å²) in [5, 5.41) is 31.2. The summed E-state index contributed by atoms with van der Waals surface area (Å²) in [5.41, 5.74) is 0.301. The molecule has 0 spiro atoms. The highest BCUT2D eigenvalue weighted by atomic mass is 79.9. The first-order valence-corrected chi connectivity index (χ1v) is 5.85. The number of hydrogen-bond donors (Lipinski definition) is 1.